The van der Waals surface area contributed by atoms with Crippen molar-refractivity contribution in [3.05, 3.63) is 89.2 Å². The Kier molecular flexibility index (Phi) is 5.47. The standard InChI is InChI=1S/C26H22N4O4/c1-33-18-13-11-17(12-14-18)20-15-25(32)30-22-9-5-4-8-21(22)29(26(30)28-20)16-24(31)27-19-7-3-6-10-23(19)34-2/h3-15H,16H2,1-2H3,(H,27,31). The van der Waals surface area contributed by atoms with Crippen LogP contribution in [0.3, 0.4) is 0 Å². The van der Waals surface area contributed by atoms with Gasteiger partial charge in [0.1, 0.15) is 18.0 Å². The molecule has 0 bridgehead atoms. The van der Waals surface area contributed by atoms with Gasteiger partial charge in [-0.3, -0.25) is 9.59 Å². The zero-order valence-electron chi connectivity index (χ0n) is 18.7. The van der Waals surface area contributed by atoms with Gasteiger partial charge in [0.2, 0.25) is 11.7 Å². The number of para-hydroxylation sites is 4. The number of hydrogen-bond acceptors (Lipinski definition) is 5. The molecule has 0 saturated heterocycles. The molecule has 1 N–H and O–H groups in total. The van der Waals surface area contributed by atoms with Gasteiger partial charge in [0, 0.05) is 11.6 Å². The summed E-state index contributed by atoms with van der Waals surface area (Å²) in [4.78, 5) is 31.0. The maximum absolute atomic E-state index is 13.2. The van der Waals surface area contributed by atoms with E-state index in [4.69, 9.17) is 14.5 Å². The van der Waals surface area contributed by atoms with Gasteiger partial charge in [-0.1, -0.05) is 24.3 Å². The number of imidazole rings is 1. The molecule has 0 unspecified atom stereocenters. The minimum Gasteiger partial charge on any atom is -0.497 e. The van der Waals surface area contributed by atoms with E-state index >= 15 is 0 Å². The Morgan fingerprint density at radius 2 is 1.62 bits per heavy atom. The molecule has 8 heteroatoms. The van der Waals surface area contributed by atoms with E-state index in [9.17, 15) is 9.59 Å². The number of aromatic nitrogens is 3. The second-order valence-electron chi connectivity index (χ2n) is 7.67. The van der Waals surface area contributed by atoms with Crippen LogP contribution in [0.5, 0.6) is 11.5 Å². The van der Waals surface area contributed by atoms with E-state index in [0.717, 1.165) is 11.1 Å². The fourth-order valence-electron chi connectivity index (χ4n) is 4.01. The molecular weight excluding hydrogens is 432 g/mol. The molecule has 0 aliphatic carbocycles. The zero-order valence-corrected chi connectivity index (χ0v) is 18.7. The van der Waals surface area contributed by atoms with Crippen molar-refractivity contribution in [1.29, 1.82) is 0 Å². The summed E-state index contributed by atoms with van der Waals surface area (Å²) in [5, 5.41) is 2.89. The first-order valence-electron chi connectivity index (χ1n) is 10.7. The lowest BCUT2D eigenvalue weighted by molar-refractivity contribution is -0.116. The molecule has 3 aromatic carbocycles. The molecule has 5 rings (SSSR count). The average molecular weight is 454 g/mol. The van der Waals surface area contributed by atoms with Gasteiger partial charge in [-0.05, 0) is 48.5 Å². The minimum atomic E-state index is -0.267. The Morgan fingerprint density at radius 3 is 2.35 bits per heavy atom. The number of nitrogens with one attached hydrogen (secondary N) is 1. The van der Waals surface area contributed by atoms with Gasteiger partial charge in [-0.2, -0.15) is 0 Å². The predicted octanol–water partition coefficient (Wildman–Crippen LogP) is 3.97. The number of benzene rings is 3. The van der Waals surface area contributed by atoms with Crippen LogP contribution in [0.15, 0.2) is 83.7 Å². The number of nitrogens with zero attached hydrogens (tertiary/aromatic N) is 3. The van der Waals surface area contributed by atoms with Crippen molar-refractivity contribution in [2.24, 2.45) is 0 Å². The second-order valence-corrected chi connectivity index (χ2v) is 7.67. The summed E-state index contributed by atoms with van der Waals surface area (Å²) in [6, 6.07) is 23.4. The summed E-state index contributed by atoms with van der Waals surface area (Å²) in [5.74, 6) is 1.39. The number of ether oxygens (including phenoxy) is 2. The Morgan fingerprint density at radius 1 is 0.912 bits per heavy atom. The molecule has 0 aliphatic heterocycles. The van der Waals surface area contributed by atoms with Crippen LogP contribution < -0.4 is 20.3 Å². The molecule has 5 aromatic rings. The number of fused-ring (bicyclic) bond motifs is 3. The van der Waals surface area contributed by atoms with Crippen molar-refractivity contribution < 1.29 is 14.3 Å². The van der Waals surface area contributed by atoms with E-state index in [-0.39, 0.29) is 18.0 Å². The van der Waals surface area contributed by atoms with E-state index in [1.54, 1.807) is 30.9 Å². The summed E-state index contributed by atoms with van der Waals surface area (Å²) in [5.41, 5.74) is 3.05. The molecule has 2 heterocycles. The third-order valence-electron chi connectivity index (χ3n) is 5.62. The van der Waals surface area contributed by atoms with Crippen molar-refractivity contribution in [2.45, 2.75) is 6.54 Å². The third kappa shape index (κ3) is 3.75. The monoisotopic (exact) mass is 454 g/mol. The summed E-state index contributed by atoms with van der Waals surface area (Å²) in [6.45, 7) is -0.0342. The fourth-order valence-corrected chi connectivity index (χ4v) is 4.01. The highest BCUT2D eigenvalue weighted by Gasteiger charge is 2.18. The topological polar surface area (TPSA) is 86.9 Å². The molecular formula is C26H22N4O4. The fraction of sp³-hybridized carbons (Fsp3) is 0.115. The van der Waals surface area contributed by atoms with E-state index in [2.05, 4.69) is 5.32 Å². The van der Waals surface area contributed by atoms with Crippen molar-refractivity contribution in [3.8, 4) is 22.8 Å². The number of carbonyl (C=O) groups excluding carboxylic acids is 1. The number of rotatable bonds is 6. The molecule has 0 spiro atoms. The van der Waals surface area contributed by atoms with Crippen LogP contribution in [0.25, 0.3) is 28.1 Å². The zero-order chi connectivity index (χ0) is 23.7. The molecule has 0 saturated carbocycles. The molecule has 170 valence electrons. The normalized spacial score (nSPS) is 11.0. The number of anilines is 1. The lowest BCUT2D eigenvalue weighted by Crippen LogP contribution is -2.21. The van der Waals surface area contributed by atoms with Crippen LogP contribution >= 0.6 is 0 Å². The number of carbonyl (C=O) groups is 1. The van der Waals surface area contributed by atoms with Crippen LogP contribution in [0, 0.1) is 0 Å². The highest BCUT2D eigenvalue weighted by molar-refractivity contribution is 5.94. The lowest BCUT2D eigenvalue weighted by Gasteiger charge is -2.11. The van der Waals surface area contributed by atoms with Crippen molar-refractivity contribution >= 4 is 28.4 Å². The van der Waals surface area contributed by atoms with Gasteiger partial charge in [-0.25, -0.2) is 9.38 Å². The number of hydrogen-bond donors (Lipinski definition) is 1. The van der Waals surface area contributed by atoms with Crippen LogP contribution in [0.2, 0.25) is 0 Å². The molecule has 0 fully saturated rings. The van der Waals surface area contributed by atoms with Gasteiger partial charge in [0.25, 0.3) is 5.56 Å². The highest BCUT2D eigenvalue weighted by Crippen LogP contribution is 2.25. The van der Waals surface area contributed by atoms with Crippen LogP contribution in [-0.2, 0) is 11.3 Å². The SMILES string of the molecule is COc1ccc(-c2cc(=O)n3c4ccccc4n(CC(=O)Nc4ccccc4OC)c3n2)cc1. The van der Waals surface area contributed by atoms with Gasteiger partial charge in [0.05, 0.1) is 36.6 Å². The van der Waals surface area contributed by atoms with Gasteiger partial charge in [0.15, 0.2) is 0 Å². The molecule has 1 amide bonds. The summed E-state index contributed by atoms with van der Waals surface area (Å²) < 4.78 is 13.8. The first-order valence-corrected chi connectivity index (χ1v) is 10.7. The largest absolute Gasteiger partial charge is 0.497 e. The average Bonchev–Trinajstić information content (AvgIpc) is 3.18. The molecule has 2 aromatic heterocycles. The Balaban J connectivity index is 1.61. The maximum atomic E-state index is 13.2. The van der Waals surface area contributed by atoms with Gasteiger partial charge < -0.3 is 19.4 Å². The molecule has 0 atom stereocenters. The Labute approximate surface area is 195 Å². The van der Waals surface area contributed by atoms with Gasteiger partial charge in [-0.15, -0.1) is 0 Å². The molecule has 0 radical (unpaired) electrons. The van der Waals surface area contributed by atoms with Crippen molar-refractivity contribution in [1.82, 2.24) is 14.0 Å². The van der Waals surface area contributed by atoms with E-state index in [1.165, 1.54) is 10.5 Å². The van der Waals surface area contributed by atoms with E-state index < -0.39 is 0 Å². The van der Waals surface area contributed by atoms with E-state index in [1.807, 2.05) is 60.7 Å². The first kappa shape index (κ1) is 21.3. The van der Waals surface area contributed by atoms with Crippen molar-refractivity contribution in [3.63, 3.8) is 0 Å². The first-order chi connectivity index (χ1) is 16.6. The van der Waals surface area contributed by atoms with Crippen LogP contribution in [0.4, 0.5) is 5.69 Å². The predicted molar refractivity (Wildman–Crippen MR) is 131 cm³/mol. The van der Waals surface area contributed by atoms with Crippen molar-refractivity contribution in [2.75, 3.05) is 19.5 Å². The minimum absolute atomic E-state index is 0.0342. The number of amides is 1. The smallest absolute Gasteiger partial charge is 0.260 e. The molecule has 34 heavy (non-hydrogen) atoms. The summed E-state index contributed by atoms with van der Waals surface area (Å²) in [6.07, 6.45) is 0. The molecule has 0 aliphatic rings. The summed E-state index contributed by atoms with van der Waals surface area (Å²) >= 11 is 0. The summed E-state index contributed by atoms with van der Waals surface area (Å²) in [7, 11) is 3.15. The van der Waals surface area contributed by atoms with Crippen LogP contribution in [0.1, 0.15) is 0 Å². The third-order valence-corrected chi connectivity index (χ3v) is 5.62. The second kappa shape index (κ2) is 8.74. The van der Waals surface area contributed by atoms with E-state index in [0.29, 0.717) is 34.2 Å². The van der Waals surface area contributed by atoms with Crippen LogP contribution in [-0.4, -0.2) is 34.1 Å². The van der Waals surface area contributed by atoms with Gasteiger partial charge >= 0.3 is 0 Å². The highest BCUT2D eigenvalue weighted by atomic mass is 16.5. The number of methoxy groups -OCH3 is 2. The Bertz CT molecular complexity index is 1570. The molecule has 8 nitrogen and oxygen atoms in total. The lowest BCUT2D eigenvalue weighted by atomic mass is 10.1. The maximum Gasteiger partial charge on any atom is 0.260 e. The quantitative estimate of drug-likeness (QED) is 0.420. The Hall–Kier alpha value is -4.59.